The number of fused-ring (bicyclic) bond motifs is 2. The Bertz CT molecular complexity index is 1850. The molecule has 0 saturated heterocycles. The van der Waals surface area contributed by atoms with Gasteiger partial charge in [-0.15, -0.1) is 0 Å². The number of aliphatic hydroxyl groups excluding tert-OH is 1. The van der Waals surface area contributed by atoms with Crippen molar-refractivity contribution in [2.24, 2.45) is 5.73 Å². The largest absolute Gasteiger partial charge is 0.506 e. The molecule has 2 unspecified atom stereocenters. The molecule has 0 fully saturated rings. The molecule has 2 aromatic carbocycles. The van der Waals surface area contributed by atoms with Crippen LogP contribution in [-0.4, -0.2) is 73.8 Å². The highest BCUT2D eigenvalue weighted by molar-refractivity contribution is 7.88. The van der Waals surface area contributed by atoms with Gasteiger partial charge < -0.3 is 15.9 Å². The summed E-state index contributed by atoms with van der Waals surface area (Å²) in [6.07, 6.45) is 0.473. The van der Waals surface area contributed by atoms with Gasteiger partial charge >= 0.3 is 0 Å². The van der Waals surface area contributed by atoms with E-state index in [1.54, 1.807) is 31.2 Å². The Hall–Kier alpha value is -4.19. The number of ketones is 4. The summed E-state index contributed by atoms with van der Waals surface area (Å²) in [5.74, 6) is -2.31. The number of carbonyl (C=O) groups is 4. The lowest BCUT2D eigenvalue weighted by molar-refractivity contribution is 0.0846. The summed E-state index contributed by atoms with van der Waals surface area (Å²) in [6.45, 7) is 3.89. The summed E-state index contributed by atoms with van der Waals surface area (Å²) in [6, 6.07) is 12.0. The molecule has 1 aromatic heterocycles. The van der Waals surface area contributed by atoms with E-state index in [4.69, 9.17) is 19.9 Å². The number of Topliss-reactive ketones (excluding diaryl/α,β-unsaturated/α-hetero) is 4. The first-order valence-corrected chi connectivity index (χ1v) is 16.4. The number of hydrogen-bond donors (Lipinski definition) is 5. The zero-order chi connectivity index (χ0) is 34.8. The Morgan fingerprint density at radius 3 is 1.46 bits per heavy atom. The topological polar surface area (TPSA) is 256 Å². The number of benzene rings is 2. The second-order valence-corrected chi connectivity index (χ2v) is 14.6. The van der Waals surface area contributed by atoms with Gasteiger partial charge in [-0.2, -0.15) is 16.8 Å². The Kier molecular flexibility index (Phi) is 10.5. The molecule has 14 nitrogen and oxygen atoms in total. The van der Waals surface area contributed by atoms with Crippen molar-refractivity contribution in [2.75, 3.05) is 0 Å². The normalized spacial score (nSPS) is 20.8. The lowest BCUT2D eigenvalue weighted by Gasteiger charge is -2.29. The molecule has 6 N–H and O–H groups in total. The van der Waals surface area contributed by atoms with Gasteiger partial charge in [0.25, 0.3) is 20.2 Å². The number of rotatable bonds is 4. The molecule has 16 heteroatoms. The fourth-order valence-electron chi connectivity index (χ4n) is 4.85. The van der Waals surface area contributed by atoms with Gasteiger partial charge in [0.2, 0.25) is 0 Å². The van der Waals surface area contributed by atoms with Crippen LogP contribution in [0.1, 0.15) is 84.9 Å². The number of pyridine rings is 1. The molecule has 0 bridgehead atoms. The minimum absolute atomic E-state index is 0.0453. The standard InChI is InChI=1S/2C11H10O5S.C8H12N2O2/c2*1-11(17(14,15)16)6-9(12)7-4-2-3-5-8(7)10(11)13;1-5-8(12)7(2-9)6(4-11)3-10-5/h2*2-5H,6H2,1H3,(H,14,15,16);3,11-12H,2,4,9H2,1H3. The van der Waals surface area contributed by atoms with Crippen LogP contribution in [-0.2, 0) is 33.4 Å². The second-order valence-electron chi connectivity index (χ2n) is 10.9. The van der Waals surface area contributed by atoms with E-state index in [2.05, 4.69) is 4.98 Å². The second kappa shape index (κ2) is 13.3. The summed E-state index contributed by atoms with van der Waals surface area (Å²) in [5.41, 5.74) is 7.59. The smallest absolute Gasteiger partial charge is 0.278 e. The van der Waals surface area contributed by atoms with Gasteiger partial charge in [0, 0.05) is 59.0 Å². The Labute approximate surface area is 264 Å². The average molecular weight is 677 g/mol. The maximum absolute atomic E-state index is 12.0. The van der Waals surface area contributed by atoms with Crippen molar-refractivity contribution < 1.29 is 55.3 Å². The van der Waals surface area contributed by atoms with E-state index in [-0.39, 0.29) is 41.2 Å². The quantitative estimate of drug-likeness (QED) is 0.248. The molecule has 3 aromatic rings. The lowest BCUT2D eigenvalue weighted by Crippen LogP contribution is -2.48. The van der Waals surface area contributed by atoms with Crippen molar-refractivity contribution in [1.82, 2.24) is 4.98 Å². The first kappa shape index (κ1) is 36.3. The van der Waals surface area contributed by atoms with E-state index in [1.807, 2.05) is 0 Å². The number of aryl methyl sites for hydroxylation is 1. The molecule has 246 valence electrons. The molecule has 0 aliphatic heterocycles. The SMILES string of the molecule is CC1(S(=O)(=O)O)CC(=O)c2ccccc2C1=O.CC1(S(=O)(=O)O)CC(=O)c2ccccc2C1=O.Cc1ncc(CO)c(CN)c1O. The molecule has 0 radical (unpaired) electrons. The third-order valence-corrected chi connectivity index (χ3v) is 10.8. The van der Waals surface area contributed by atoms with Crippen LogP contribution in [0, 0.1) is 6.92 Å². The molecule has 5 rings (SSSR count). The van der Waals surface area contributed by atoms with Crippen molar-refractivity contribution in [1.29, 1.82) is 0 Å². The Balaban J connectivity index is 0.000000191. The van der Waals surface area contributed by atoms with E-state index in [1.165, 1.54) is 30.5 Å². The van der Waals surface area contributed by atoms with Gasteiger partial charge in [0.05, 0.1) is 12.3 Å². The number of aliphatic hydroxyl groups is 1. The van der Waals surface area contributed by atoms with Crippen LogP contribution in [0.5, 0.6) is 5.75 Å². The van der Waals surface area contributed by atoms with Gasteiger partial charge in [-0.25, -0.2) is 0 Å². The molecule has 0 spiro atoms. The monoisotopic (exact) mass is 676 g/mol. The predicted octanol–water partition coefficient (Wildman–Crippen LogP) is 2.25. The van der Waals surface area contributed by atoms with Crippen molar-refractivity contribution in [3.8, 4) is 5.75 Å². The van der Waals surface area contributed by atoms with Crippen LogP contribution in [0.25, 0.3) is 0 Å². The highest BCUT2D eigenvalue weighted by atomic mass is 32.2. The number of carbonyl (C=O) groups excluding carboxylic acids is 4. The number of aromatic nitrogens is 1. The third kappa shape index (κ3) is 6.67. The molecule has 2 aliphatic carbocycles. The zero-order valence-corrected chi connectivity index (χ0v) is 26.6. The summed E-state index contributed by atoms with van der Waals surface area (Å²) in [5, 5.41) is 18.3. The van der Waals surface area contributed by atoms with Crippen molar-refractivity contribution in [2.45, 2.75) is 56.3 Å². The van der Waals surface area contributed by atoms with E-state index >= 15 is 0 Å². The maximum atomic E-state index is 12.0. The van der Waals surface area contributed by atoms with Gasteiger partial charge in [-0.05, 0) is 20.8 Å². The summed E-state index contributed by atoms with van der Waals surface area (Å²) in [7, 11) is -9.24. The number of aromatic hydroxyl groups is 1. The number of nitrogens with two attached hydrogens (primary N) is 1. The minimum atomic E-state index is -4.62. The van der Waals surface area contributed by atoms with E-state index in [0.29, 0.717) is 16.8 Å². The van der Waals surface area contributed by atoms with Crippen LogP contribution in [0.2, 0.25) is 0 Å². The molecule has 0 amide bonds. The average Bonchev–Trinajstić information content (AvgIpc) is 2.99. The lowest BCUT2D eigenvalue weighted by atomic mass is 9.82. The van der Waals surface area contributed by atoms with Crippen molar-refractivity contribution in [3.63, 3.8) is 0 Å². The van der Waals surface area contributed by atoms with Crippen LogP contribution in [0.3, 0.4) is 0 Å². The highest BCUT2D eigenvalue weighted by Gasteiger charge is 2.52. The van der Waals surface area contributed by atoms with Crippen molar-refractivity contribution >= 4 is 43.4 Å². The zero-order valence-electron chi connectivity index (χ0n) is 24.9. The van der Waals surface area contributed by atoms with Crippen LogP contribution < -0.4 is 5.73 Å². The first-order valence-electron chi connectivity index (χ1n) is 13.5. The van der Waals surface area contributed by atoms with Gasteiger partial charge in [-0.1, -0.05) is 48.5 Å². The summed E-state index contributed by atoms with van der Waals surface area (Å²) < 4.78 is 59.1. The van der Waals surface area contributed by atoms with E-state index in [9.17, 15) is 41.1 Å². The molecule has 1 heterocycles. The molecule has 2 aliphatic rings. The minimum Gasteiger partial charge on any atom is -0.506 e. The third-order valence-electron chi connectivity index (χ3n) is 7.84. The summed E-state index contributed by atoms with van der Waals surface area (Å²) in [4.78, 5) is 51.5. The van der Waals surface area contributed by atoms with Gasteiger partial charge in [0.15, 0.2) is 32.6 Å². The first-order chi connectivity index (χ1) is 21.2. The maximum Gasteiger partial charge on any atom is 0.278 e. The highest BCUT2D eigenvalue weighted by Crippen LogP contribution is 2.35. The Morgan fingerprint density at radius 2 is 1.13 bits per heavy atom. The molecule has 2 atom stereocenters. The summed E-state index contributed by atoms with van der Waals surface area (Å²) >= 11 is 0. The van der Waals surface area contributed by atoms with Crippen LogP contribution in [0.4, 0.5) is 0 Å². The van der Waals surface area contributed by atoms with Crippen LogP contribution in [0.15, 0.2) is 54.7 Å². The van der Waals surface area contributed by atoms with Crippen LogP contribution >= 0.6 is 0 Å². The molecular formula is C30H32N2O12S2. The van der Waals surface area contributed by atoms with E-state index in [0.717, 1.165) is 13.8 Å². The van der Waals surface area contributed by atoms with E-state index < -0.39 is 65.7 Å². The van der Waals surface area contributed by atoms with Gasteiger partial charge in [0.1, 0.15) is 5.75 Å². The fourth-order valence-corrected chi connectivity index (χ4v) is 6.16. The fraction of sp³-hybridized carbons (Fsp3) is 0.300. The predicted molar refractivity (Wildman–Crippen MR) is 164 cm³/mol. The molecule has 0 saturated carbocycles. The van der Waals surface area contributed by atoms with Gasteiger partial charge in [-0.3, -0.25) is 33.3 Å². The molecular weight excluding hydrogens is 644 g/mol. The molecule has 46 heavy (non-hydrogen) atoms. The number of nitrogens with zero attached hydrogens (tertiary/aromatic N) is 1. The van der Waals surface area contributed by atoms with Crippen molar-refractivity contribution in [3.05, 3.63) is 93.8 Å². The Morgan fingerprint density at radius 1 is 0.761 bits per heavy atom. The number of hydrogen-bond acceptors (Lipinski definition) is 12.